The highest BCUT2D eigenvalue weighted by atomic mass is 15.3. The molecule has 1 saturated carbocycles. The van der Waals surface area contributed by atoms with E-state index in [0.717, 1.165) is 24.3 Å². The minimum absolute atomic E-state index is 0.793. The molecule has 0 bridgehead atoms. The summed E-state index contributed by atoms with van der Waals surface area (Å²) in [4.78, 5) is 0. The van der Waals surface area contributed by atoms with Gasteiger partial charge in [0, 0.05) is 6.54 Å². The molecule has 1 rings (SSSR count). The maximum atomic E-state index is 3.19. The van der Waals surface area contributed by atoms with Crippen LogP contribution in [-0.4, -0.2) is 13.6 Å². The van der Waals surface area contributed by atoms with Gasteiger partial charge in [0.25, 0.3) is 0 Å². The molecule has 0 aromatic rings. The van der Waals surface area contributed by atoms with E-state index in [4.69, 9.17) is 0 Å². The molecule has 0 amide bonds. The molecule has 102 valence electrons. The van der Waals surface area contributed by atoms with E-state index in [2.05, 4.69) is 24.7 Å². The fourth-order valence-corrected chi connectivity index (χ4v) is 3.13. The van der Waals surface area contributed by atoms with Crippen molar-refractivity contribution in [2.24, 2.45) is 17.8 Å². The minimum atomic E-state index is 0.793. The minimum Gasteiger partial charge on any atom is -0.261 e. The predicted octanol–water partition coefficient (Wildman–Crippen LogP) is 3.73. The van der Waals surface area contributed by atoms with Crippen LogP contribution in [-0.2, 0) is 0 Å². The van der Waals surface area contributed by atoms with E-state index in [1.165, 1.54) is 51.4 Å². The van der Waals surface area contributed by atoms with Crippen LogP contribution in [0, 0.1) is 17.8 Å². The van der Waals surface area contributed by atoms with Crippen molar-refractivity contribution >= 4 is 0 Å². The van der Waals surface area contributed by atoms with Gasteiger partial charge in [0.15, 0.2) is 0 Å². The lowest BCUT2D eigenvalue weighted by Gasteiger charge is -2.17. The molecule has 0 aromatic carbocycles. The SMILES string of the molecule is CNNCC(C)CCCC(C)CC1CCCC1. The topological polar surface area (TPSA) is 24.1 Å². The second-order valence-electron chi connectivity index (χ2n) is 6.16. The molecule has 17 heavy (non-hydrogen) atoms. The van der Waals surface area contributed by atoms with Gasteiger partial charge in [-0.1, -0.05) is 52.4 Å². The van der Waals surface area contributed by atoms with Crippen LogP contribution >= 0.6 is 0 Å². The number of hydrogen-bond donors (Lipinski definition) is 2. The van der Waals surface area contributed by atoms with E-state index in [9.17, 15) is 0 Å². The average Bonchev–Trinajstić information content (AvgIpc) is 2.79. The first-order valence-corrected chi connectivity index (χ1v) is 7.62. The molecule has 1 aliphatic carbocycles. The van der Waals surface area contributed by atoms with Gasteiger partial charge in [-0.05, 0) is 37.6 Å². The maximum absolute atomic E-state index is 3.19. The predicted molar refractivity (Wildman–Crippen MR) is 75.8 cm³/mol. The van der Waals surface area contributed by atoms with Crippen LogP contribution in [0.5, 0.6) is 0 Å². The lowest BCUT2D eigenvalue weighted by atomic mass is 9.90. The van der Waals surface area contributed by atoms with Crippen LogP contribution in [0.25, 0.3) is 0 Å². The highest BCUT2D eigenvalue weighted by Gasteiger charge is 2.17. The first-order chi connectivity index (χ1) is 8.22. The van der Waals surface area contributed by atoms with Gasteiger partial charge in [-0.25, -0.2) is 0 Å². The van der Waals surface area contributed by atoms with E-state index >= 15 is 0 Å². The normalized spacial score (nSPS) is 20.6. The van der Waals surface area contributed by atoms with Gasteiger partial charge in [0.05, 0.1) is 0 Å². The molecule has 0 aromatic heterocycles. The lowest BCUT2D eigenvalue weighted by molar-refractivity contribution is 0.352. The van der Waals surface area contributed by atoms with Crippen molar-refractivity contribution in [3.05, 3.63) is 0 Å². The van der Waals surface area contributed by atoms with Crippen LogP contribution in [0.1, 0.15) is 65.2 Å². The van der Waals surface area contributed by atoms with Gasteiger partial charge in [0.2, 0.25) is 0 Å². The molecule has 1 aliphatic rings. The van der Waals surface area contributed by atoms with E-state index < -0.39 is 0 Å². The molecular formula is C15H32N2. The number of hydrogen-bond acceptors (Lipinski definition) is 2. The zero-order valence-corrected chi connectivity index (χ0v) is 12.1. The molecule has 2 heteroatoms. The van der Waals surface area contributed by atoms with Crippen LogP contribution in [0.15, 0.2) is 0 Å². The fraction of sp³-hybridized carbons (Fsp3) is 1.00. The van der Waals surface area contributed by atoms with Crippen LogP contribution in [0.3, 0.4) is 0 Å². The Morgan fingerprint density at radius 3 is 2.35 bits per heavy atom. The molecule has 0 spiro atoms. The zero-order chi connectivity index (χ0) is 12.5. The Morgan fingerprint density at radius 2 is 1.71 bits per heavy atom. The number of nitrogens with one attached hydrogen (secondary N) is 2. The van der Waals surface area contributed by atoms with E-state index in [1.54, 1.807) is 0 Å². The van der Waals surface area contributed by atoms with Crippen LogP contribution < -0.4 is 10.9 Å². The van der Waals surface area contributed by atoms with Crippen molar-refractivity contribution < 1.29 is 0 Å². The number of hydrazine groups is 1. The quantitative estimate of drug-likeness (QED) is 0.600. The molecule has 0 aliphatic heterocycles. The summed E-state index contributed by atoms with van der Waals surface area (Å²) in [7, 11) is 1.94. The Labute approximate surface area is 108 Å². The second-order valence-corrected chi connectivity index (χ2v) is 6.16. The largest absolute Gasteiger partial charge is 0.261 e. The van der Waals surface area contributed by atoms with Crippen molar-refractivity contribution in [3.63, 3.8) is 0 Å². The van der Waals surface area contributed by atoms with Gasteiger partial charge >= 0.3 is 0 Å². The molecular weight excluding hydrogens is 208 g/mol. The average molecular weight is 240 g/mol. The molecule has 2 N–H and O–H groups in total. The van der Waals surface area contributed by atoms with Gasteiger partial charge < -0.3 is 0 Å². The molecule has 0 saturated heterocycles. The van der Waals surface area contributed by atoms with Crippen LogP contribution in [0.4, 0.5) is 0 Å². The first kappa shape index (κ1) is 15.0. The van der Waals surface area contributed by atoms with Crippen molar-refractivity contribution in [1.29, 1.82) is 0 Å². The lowest BCUT2D eigenvalue weighted by Crippen LogP contribution is -2.31. The van der Waals surface area contributed by atoms with Gasteiger partial charge in [-0.15, -0.1) is 0 Å². The third-order valence-corrected chi connectivity index (χ3v) is 4.23. The summed E-state index contributed by atoms with van der Waals surface area (Å²) >= 11 is 0. The Hall–Kier alpha value is -0.0800. The molecule has 2 nitrogen and oxygen atoms in total. The monoisotopic (exact) mass is 240 g/mol. The molecule has 2 unspecified atom stereocenters. The highest BCUT2D eigenvalue weighted by molar-refractivity contribution is 4.70. The van der Waals surface area contributed by atoms with E-state index in [0.29, 0.717) is 0 Å². The van der Waals surface area contributed by atoms with Crippen molar-refractivity contribution in [3.8, 4) is 0 Å². The zero-order valence-electron chi connectivity index (χ0n) is 12.1. The summed E-state index contributed by atoms with van der Waals surface area (Å²) in [5, 5.41) is 0. The van der Waals surface area contributed by atoms with Gasteiger partial charge in [0.1, 0.15) is 0 Å². The maximum Gasteiger partial charge on any atom is 0.0125 e. The molecule has 1 fully saturated rings. The first-order valence-electron chi connectivity index (χ1n) is 7.62. The summed E-state index contributed by atoms with van der Waals surface area (Å²) in [6.07, 6.45) is 11.7. The summed E-state index contributed by atoms with van der Waals surface area (Å²) in [5.41, 5.74) is 6.19. The molecule has 2 atom stereocenters. The Morgan fingerprint density at radius 1 is 1.06 bits per heavy atom. The van der Waals surface area contributed by atoms with Gasteiger partial charge in [-0.2, -0.15) is 0 Å². The van der Waals surface area contributed by atoms with Gasteiger partial charge in [-0.3, -0.25) is 10.9 Å². The summed E-state index contributed by atoms with van der Waals surface area (Å²) in [6, 6.07) is 0. The van der Waals surface area contributed by atoms with Crippen molar-refractivity contribution in [2.45, 2.75) is 65.2 Å². The van der Waals surface area contributed by atoms with E-state index in [1.807, 2.05) is 7.05 Å². The molecule has 0 heterocycles. The second kappa shape index (κ2) is 8.93. The third-order valence-electron chi connectivity index (χ3n) is 4.23. The summed E-state index contributed by atoms with van der Waals surface area (Å²) in [5.74, 6) is 2.80. The Bertz CT molecular complexity index is 176. The summed E-state index contributed by atoms with van der Waals surface area (Å²) < 4.78 is 0. The van der Waals surface area contributed by atoms with Crippen LogP contribution in [0.2, 0.25) is 0 Å². The number of rotatable bonds is 9. The van der Waals surface area contributed by atoms with E-state index in [-0.39, 0.29) is 0 Å². The van der Waals surface area contributed by atoms with Crippen molar-refractivity contribution in [2.75, 3.05) is 13.6 Å². The summed E-state index contributed by atoms with van der Waals surface area (Å²) in [6.45, 7) is 5.88. The highest BCUT2D eigenvalue weighted by Crippen LogP contribution is 2.31. The Balaban J connectivity index is 1.97. The standard InChI is InChI=1S/C15H32N2/c1-13(11-15-9-4-5-10-15)7-6-8-14(2)12-17-16-3/h13-17H,4-12H2,1-3H3. The Kier molecular flexibility index (Phi) is 7.87. The third kappa shape index (κ3) is 7.05. The molecule has 0 radical (unpaired) electrons. The fourth-order valence-electron chi connectivity index (χ4n) is 3.13. The smallest absolute Gasteiger partial charge is 0.0125 e. The van der Waals surface area contributed by atoms with Crippen molar-refractivity contribution in [1.82, 2.24) is 10.9 Å².